The largest absolute Gasteiger partial charge is 0.300 e. The molecule has 4 atom stereocenters. The van der Waals surface area contributed by atoms with Gasteiger partial charge < -0.3 is 4.79 Å². The van der Waals surface area contributed by atoms with Gasteiger partial charge in [-0.3, -0.25) is 9.59 Å². The zero-order valence-corrected chi connectivity index (χ0v) is 10.6. The highest BCUT2D eigenvalue weighted by Gasteiger charge is 2.47. The van der Waals surface area contributed by atoms with E-state index >= 15 is 0 Å². The summed E-state index contributed by atoms with van der Waals surface area (Å²) in [5.74, 6) is 1.14. The van der Waals surface area contributed by atoms with Crippen molar-refractivity contribution in [2.75, 3.05) is 0 Å². The molecule has 0 amide bonds. The molecule has 0 heterocycles. The van der Waals surface area contributed by atoms with Crippen LogP contribution in [0.25, 0.3) is 0 Å². The minimum atomic E-state index is -0.0356. The Balaban J connectivity index is 2.10. The second-order valence-corrected chi connectivity index (χ2v) is 5.66. The van der Waals surface area contributed by atoms with Gasteiger partial charge in [0.15, 0.2) is 0 Å². The summed E-state index contributed by atoms with van der Waals surface area (Å²) < 4.78 is 0. The fourth-order valence-corrected chi connectivity index (χ4v) is 3.52. The van der Waals surface area contributed by atoms with E-state index in [0.29, 0.717) is 25.0 Å². The van der Waals surface area contributed by atoms with Gasteiger partial charge in [0.25, 0.3) is 0 Å². The minimum Gasteiger partial charge on any atom is -0.300 e. The molecule has 2 aliphatic carbocycles. The van der Waals surface area contributed by atoms with E-state index in [0.717, 1.165) is 12.8 Å². The Morgan fingerprint density at radius 3 is 2.71 bits per heavy atom. The zero-order valence-electron chi connectivity index (χ0n) is 10.6. The highest BCUT2D eigenvalue weighted by molar-refractivity contribution is 5.91. The van der Waals surface area contributed by atoms with Crippen molar-refractivity contribution in [3.8, 4) is 0 Å². The Hall–Kier alpha value is -0.990. The summed E-state index contributed by atoms with van der Waals surface area (Å²) in [5, 5.41) is 0. The van der Waals surface area contributed by atoms with E-state index in [1.807, 2.05) is 6.92 Å². The third-order valence-electron chi connectivity index (χ3n) is 4.43. The molecular weight excluding hydrogens is 216 g/mol. The standard InChI is InChI=1S/C14H20O3/c1-8-7-12-10(4-3-9(2)15)13(16)6-5-11(12)14(8)17/h8,10-12H,3-7H2,1-2H3/t8-,10?,11?,12-/m1/s1. The summed E-state index contributed by atoms with van der Waals surface area (Å²) in [6.45, 7) is 3.53. The van der Waals surface area contributed by atoms with E-state index in [2.05, 4.69) is 0 Å². The molecule has 17 heavy (non-hydrogen) atoms. The average molecular weight is 236 g/mol. The van der Waals surface area contributed by atoms with E-state index in [1.54, 1.807) is 6.92 Å². The quantitative estimate of drug-likeness (QED) is 0.754. The smallest absolute Gasteiger partial charge is 0.139 e. The van der Waals surface area contributed by atoms with Crippen LogP contribution in [0, 0.1) is 23.7 Å². The number of Topliss-reactive ketones (excluding diaryl/α,β-unsaturated/α-hetero) is 3. The highest BCUT2D eigenvalue weighted by Crippen LogP contribution is 2.45. The fraction of sp³-hybridized carbons (Fsp3) is 0.786. The predicted molar refractivity (Wildman–Crippen MR) is 63.4 cm³/mol. The first-order valence-corrected chi connectivity index (χ1v) is 6.56. The summed E-state index contributed by atoms with van der Waals surface area (Å²) >= 11 is 0. The third kappa shape index (κ3) is 2.33. The van der Waals surface area contributed by atoms with Crippen molar-refractivity contribution in [2.45, 2.75) is 46.0 Å². The lowest BCUT2D eigenvalue weighted by molar-refractivity contribution is -0.131. The molecule has 0 aromatic carbocycles. The van der Waals surface area contributed by atoms with Gasteiger partial charge in [-0.25, -0.2) is 0 Å². The van der Waals surface area contributed by atoms with Crippen molar-refractivity contribution in [1.82, 2.24) is 0 Å². The molecule has 0 saturated heterocycles. The summed E-state index contributed by atoms with van der Waals surface area (Å²) in [4.78, 5) is 34.9. The normalized spacial score (nSPS) is 37.1. The van der Waals surface area contributed by atoms with Gasteiger partial charge in [0.05, 0.1) is 0 Å². The molecule has 2 rings (SSSR count). The van der Waals surface area contributed by atoms with Crippen LogP contribution in [0.2, 0.25) is 0 Å². The van der Waals surface area contributed by atoms with E-state index in [9.17, 15) is 14.4 Å². The van der Waals surface area contributed by atoms with Gasteiger partial charge in [-0.15, -0.1) is 0 Å². The molecule has 0 aromatic heterocycles. The number of hydrogen-bond acceptors (Lipinski definition) is 3. The molecule has 2 unspecified atom stereocenters. The Morgan fingerprint density at radius 1 is 1.35 bits per heavy atom. The molecule has 2 fully saturated rings. The lowest BCUT2D eigenvalue weighted by atomic mass is 9.71. The monoisotopic (exact) mass is 236 g/mol. The molecule has 0 bridgehead atoms. The van der Waals surface area contributed by atoms with E-state index < -0.39 is 0 Å². The van der Waals surface area contributed by atoms with Gasteiger partial charge >= 0.3 is 0 Å². The van der Waals surface area contributed by atoms with Crippen molar-refractivity contribution < 1.29 is 14.4 Å². The summed E-state index contributed by atoms with van der Waals surface area (Å²) in [6.07, 6.45) is 3.24. The van der Waals surface area contributed by atoms with Gasteiger partial charge in [0.2, 0.25) is 0 Å². The maximum absolute atomic E-state index is 12.0. The first-order valence-electron chi connectivity index (χ1n) is 6.56. The lowest BCUT2D eigenvalue weighted by Gasteiger charge is -2.31. The second-order valence-electron chi connectivity index (χ2n) is 5.66. The van der Waals surface area contributed by atoms with Gasteiger partial charge in [-0.2, -0.15) is 0 Å². The first kappa shape index (κ1) is 12.5. The van der Waals surface area contributed by atoms with E-state index in [-0.39, 0.29) is 35.2 Å². The second kappa shape index (κ2) is 4.71. The minimum absolute atomic E-state index is 0.0356. The van der Waals surface area contributed by atoms with E-state index in [4.69, 9.17) is 0 Å². The van der Waals surface area contributed by atoms with Crippen molar-refractivity contribution in [1.29, 1.82) is 0 Å². The predicted octanol–water partition coefficient (Wildman–Crippen LogP) is 2.18. The van der Waals surface area contributed by atoms with Crippen molar-refractivity contribution in [3.05, 3.63) is 0 Å². The Kier molecular flexibility index (Phi) is 3.45. The molecule has 3 heteroatoms. The molecular formula is C14H20O3. The third-order valence-corrected chi connectivity index (χ3v) is 4.43. The molecule has 94 valence electrons. The van der Waals surface area contributed by atoms with Gasteiger partial charge in [0.1, 0.15) is 17.3 Å². The number of carbonyl (C=O) groups excluding carboxylic acids is 3. The zero-order chi connectivity index (χ0) is 12.6. The van der Waals surface area contributed by atoms with Crippen LogP contribution in [0.3, 0.4) is 0 Å². The maximum Gasteiger partial charge on any atom is 0.139 e. The van der Waals surface area contributed by atoms with Crippen molar-refractivity contribution in [3.63, 3.8) is 0 Å². The van der Waals surface area contributed by atoms with E-state index in [1.165, 1.54) is 0 Å². The molecule has 0 radical (unpaired) electrons. The number of hydrogen-bond donors (Lipinski definition) is 0. The number of carbonyl (C=O) groups is 3. The van der Waals surface area contributed by atoms with Crippen LogP contribution in [0.1, 0.15) is 46.0 Å². The lowest BCUT2D eigenvalue weighted by Crippen LogP contribution is -2.34. The summed E-state index contributed by atoms with van der Waals surface area (Å²) in [7, 11) is 0. The first-order chi connectivity index (χ1) is 8.00. The SMILES string of the molecule is CC(=O)CCC1C(=O)CCC2C(=O)[C@H](C)C[C@H]12. The van der Waals surface area contributed by atoms with Crippen LogP contribution in [-0.4, -0.2) is 17.3 Å². The molecule has 0 spiro atoms. The summed E-state index contributed by atoms with van der Waals surface area (Å²) in [6, 6.07) is 0. The maximum atomic E-state index is 12.0. The highest BCUT2D eigenvalue weighted by atomic mass is 16.1. The molecule has 0 aliphatic heterocycles. The van der Waals surface area contributed by atoms with Crippen LogP contribution in [-0.2, 0) is 14.4 Å². The van der Waals surface area contributed by atoms with Crippen LogP contribution >= 0.6 is 0 Å². The van der Waals surface area contributed by atoms with Crippen LogP contribution in [0.5, 0.6) is 0 Å². The Labute approximate surface area is 102 Å². The van der Waals surface area contributed by atoms with Crippen molar-refractivity contribution in [2.24, 2.45) is 23.7 Å². The Bertz CT molecular complexity index is 358. The number of ketones is 3. The summed E-state index contributed by atoms with van der Waals surface area (Å²) in [5.41, 5.74) is 0. The fourth-order valence-electron chi connectivity index (χ4n) is 3.52. The average Bonchev–Trinajstić information content (AvgIpc) is 2.54. The van der Waals surface area contributed by atoms with Crippen LogP contribution in [0.4, 0.5) is 0 Å². The molecule has 2 aliphatic rings. The van der Waals surface area contributed by atoms with Crippen molar-refractivity contribution >= 4 is 17.3 Å². The van der Waals surface area contributed by atoms with Gasteiger partial charge in [0, 0.05) is 30.6 Å². The van der Waals surface area contributed by atoms with Gasteiger partial charge in [-0.05, 0) is 32.1 Å². The molecule has 0 aromatic rings. The molecule has 3 nitrogen and oxygen atoms in total. The molecule has 0 N–H and O–H groups in total. The number of rotatable bonds is 3. The van der Waals surface area contributed by atoms with Crippen LogP contribution < -0.4 is 0 Å². The molecule has 2 saturated carbocycles. The van der Waals surface area contributed by atoms with Crippen LogP contribution in [0.15, 0.2) is 0 Å². The number of fused-ring (bicyclic) bond motifs is 1. The topological polar surface area (TPSA) is 51.2 Å². The van der Waals surface area contributed by atoms with Gasteiger partial charge in [-0.1, -0.05) is 6.92 Å². The Morgan fingerprint density at radius 2 is 2.06 bits per heavy atom.